The number of halogens is 1. The van der Waals surface area contributed by atoms with Crippen molar-refractivity contribution in [3.05, 3.63) is 22.2 Å². The summed E-state index contributed by atoms with van der Waals surface area (Å²) < 4.78 is 11.0. The van der Waals surface area contributed by atoms with Gasteiger partial charge in [-0.3, -0.25) is 4.79 Å². The summed E-state index contributed by atoms with van der Waals surface area (Å²) in [6.45, 7) is 3.07. The third kappa shape index (κ3) is 2.23. The Balaban J connectivity index is 2.49. The summed E-state index contributed by atoms with van der Waals surface area (Å²) in [4.78, 5) is 11.9. The predicted molar refractivity (Wildman–Crippen MR) is 65.4 cm³/mol. The lowest BCUT2D eigenvalue weighted by Crippen LogP contribution is -2.22. The summed E-state index contributed by atoms with van der Waals surface area (Å²) in [7, 11) is 1.72. The van der Waals surface area contributed by atoms with E-state index in [0.717, 1.165) is 5.56 Å². The lowest BCUT2D eigenvalue weighted by Gasteiger charge is -2.22. The molecule has 0 fully saturated rings. The number of carbonyl (C=O) groups is 1. The monoisotopic (exact) mass is 255 g/mol. The topological polar surface area (TPSA) is 47.6 Å². The number of benzene rings is 1. The number of hydrogen-bond acceptors (Lipinski definition) is 4. The predicted octanol–water partition coefficient (Wildman–Crippen LogP) is 1.82. The summed E-state index contributed by atoms with van der Waals surface area (Å²) in [6.07, 6.45) is 0. The highest BCUT2D eigenvalue weighted by atomic mass is 35.5. The Morgan fingerprint density at radius 2 is 2.18 bits per heavy atom. The van der Waals surface area contributed by atoms with E-state index in [1.165, 1.54) is 0 Å². The number of ketones is 1. The molecule has 0 amide bonds. The minimum absolute atomic E-state index is 0.0491. The van der Waals surface area contributed by atoms with E-state index in [1.54, 1.807) is 13.1 Å². The van der Waals surface area contributed by atoms with Gasteiger partial charge in [-0.1, -0.05) is 11.6 Å². The molecule has 17 heavy (non-hydrogen) atoms. The first-order valence-electron chi connectivity index (χ1n) is 5.41. The number of carbonyl (C=O) groups excluding carboxylic acids is 1. The standard InChI is InChI=1S/C12H14ClNO3/c1-7-11(9(15)6-14-2)8(13)5-10-12(7)17-4-3-16-10/h5,14H,3-4,6H2,1-2H3. The molecule has 2 rings (SSSR count). The second kappa shape index (κ2) is 4.94. The van der Waals surface area contributed by atoms with Crippen molar-refractivity contribution in [2.75, 3.05) is 26.8 Å². The number of hydrogen-bond donors (Lipinski definition) is 1. The average molecular weight is 256 g/mol. The van der Waals surface area contributed by atoms with Crippen LogP contribution in [0.3, 0.4) is 0 Å². The summed E-state index contributed by atoms with van der Waals surface area (Å²) in [5.74, 6) is 1.19. The van der Waals surface area contributed by atoms with Crippen LogP contribution in [-0.4, -0.2) is 32.6 Å². The molecule has 1 heterocycles. The van der Waals surface area contributed by atoms with E-state index in [-0.39, 0.29) is 12.3 Å². The molecule has 1 aliphatic rings. The van der Waals surface area contributed by atoms with Crippen LogP contribution in [0.25, 0.3) is 0 Å². The molecule has 0 unspecified atom stereocenters. The van der Waals surface area contributed by atoms with Gasteiger partial charge in [0.1, 0.15) is 13.2 Å². The number of rotatable bonds is 3. The molecule has 0 saturated carbocycles. The first-order valence-corrected chi connectivity index (χ1v) is 5.79. The van der Waals surface area contributed by atoms with Gasteiger partial charge >= 0.3 is 0 Å². The molecular formula is C12H14ClNO3. The van der Waals surface area contributed by atoms with Gasteiger partial charge in [-0.15, -0.1) is 0 Å². The molecule has 0 bridgehead atoms. The fraction of sp³-hybridized carbons (Fsp3) is 0.417. The first kappa shape index (κ1) is 12.2. The molecule has 0 atom stereocenters. The van der Waals surface area contributed by atoms with Gasteiger partial charge in [-0.2, -0.15) is 0 Å². The van der Waals surface area contributed by atoms with Crippen molar-refractivity contribution in [1.29, 1.82) is 0 Å². The van der Waals surface area contributed by atoms with Crippen LogP contribution >= 0.6 is 11.6 Å². The second-order valence-corrected chi connectivity index (χ2v) is 4.24. The zero-order valence-corrected chi connectivity index (χ0v) is 10.6. The highest BCUT2D eigenvalue weighted by molar-refractivity contribution is 6.34. The van der Waals surface area contributed by atoms with Crippen molar-refractivity contribution in [2.24, 2.45) is 0 Å². The normalized spacial score (nSPS) is 13.6. The zero-order chi connectivity index (χ0) is 12.4. The molecule has 0 spiro atoms. The van der Waals surface area contributed by atoms with Crippen LogP contribution < -0.4 is 14.8 Å². The SMILES string of the molecule is CNCC(=O)c1c(Cl)cc2c(c1C)OCCO2. The highest BCUT2D eigenvalue weighted by Gasteiger charge is 2.22. The highest BCUT2D eigenvalue weighted by Crippen LogP contribution is 2.39. The summed E-state index contributed by atoms with van der Waals surface area (Å²) in [5, 5.41) is 3.23. The van der Waals surface area contributed by atoms with Crippen molar-refractivity contribution in [1.82, 2.24) is 5.32 Å². The van der Waals surface area contributed by atoms with Gasteiger partial charge in [0, 0.05) is 17.2 Å². The molecule has 92 valence electrons. The van der Waals surface area contributed by atoms with Crippen molar-refractivity contribution in [3.8, 4) is 11.5 Å². The number of fused-ring (bicyclic) bond motifs is 1. The molecule has 0 saturated heterocycles. The van der Waals surface area contributed by atoms with Crippen LogP contribution in [0, 0.1) is 6.92 Å². The van der Waals surface area contributed by atoms with Crippen molar-refractivity contribution in [3.63, 3.8) is 0 Å². The van der Waals surface area contributed by atoms with Gasteiger partial charge in [0.25, 0.3) is 0 Å². The van der Waals surface area contributed by atoms with Crippen LogP contribution in [0.4, 0.5) is 0 Å². The van der Waals surface area contributed by atoms with E-state index < -0.39 is 0 Å². The van der Waals surface area contributed by atoms with Crippen LogP contribution in [0.15, 0.2) is 6.07 Å². The largest absolute Gasteiger partial charge is 0.486 e. The Morgan fingerprint density at radius 3 is 2.88 bits per heavy atom. The number of nitrogens with one attached hydrogen (secondary N) is 1. The van der Waals surface area contributed by atoms with Crippen molar-refractivity contribution >= 4 is 17.4 Å². The Bertz CT molecular complexity index is 460. The third-order valence-corrected chi connectivity index (χ3v) is 2.94. The Hall–Kier alpha value is -1.26. The maximum Gasteiger partial charge on any atom is 0.178 e. The van der Waals surface area contributed by atoms with Gasteiger partial charge in [0.15, 0.2) is 17.3 Å². The molecule has 0 radical (unpaired) electrons. The molecule has 1 aromatic carbocycles. The maximum atomic E-state index is 11.9. The van der Waals surface area contributed by atoms with Crippen LogP contribution in [0.2, 0.25) is 5.02 Å². The summed E-state index contributed by atoms with van der Waals surface area (Å²) in [6, 6.07) is 1.64. The van der Waals surface area contributed by atoms with Crippen molar-refractivity contribution in [2.45, 2.75) is 6.92 Å². The smallest absolute Gasteiger partial charge is 0.178 e. The minimum Gasteiger partial charge on any atom is -0.486 e. The maximum absolute atomic E-state index is 11.9. The lowest BCUT2D eigenvalue weighted by molar-refractivity contribution is 0.0991. The van der Waals surface area contributed by atoms with Crippen LogP contribution in [0.1, 0.15) is 15.9 Å². The zero-order valence-electron chi connectivity index (χ0n) is 9.80. The van der Waals surface area contributed by atoms with Gasteiger partial charge < -0.3 is 14.8 Å². The number of ether oxygens (including phenoxy) is 2. The molecule has 1 aliphatic heterocycles. The Labute approximate surface area is 105 Å². The van der Waals surface area contributed by atoms with E-state index >= 15 is 0 Å². The van der Waals surface area contributed by atoms with Gasteiger partial charge in [-0.25, -0.2) is 0 Å². The summed E-state index contributed by atoms with van der Waals surface area (Å²) >= 11 is 6.11. The third-order valence-electron chi connectivity index (χ3n) is 2.64. The molecule has 0 aromatic heterocycles. The fourth-order valence-electron chi connectivity index (χ4n) is 1.90. The minimum atomic E-state index is -0.0491. The Kier molecular flexibility index (Phi) is 3.54. The second-order valence-electron chi connectivity index (χ2n) is 3.84. The lowest BCUT2D eigenvalue weighted by atomic mass is 10.0. The molecule has 1 N–H and O–H groups in total. The average Bonchev–Trinajstić information content (AvgIpc) is 2.29. The van der Waals surface area contributed by atoms with Gasteiger partial charge in [0.2, 0.25) is 0 Å². The first-order chi connectivity index (χ1) is 8.15. The van der Waals surface area contributed by atoms with Gasteiger partial charge in [0.05, 0.1) is 11.6 Å². The quantitative estimate of drug-likeness (QED) is 0.837. The molecule has 1 aromatic rings. The molecule has 0 aliphatic carbocycles. The molecular weight excluding hydrogens is 242 g/mol. The van der Waals surface area contributed by atoms with E-state index in [9.17, 15) is 4.79 Å². The number of likely N-dealkylation sites (N-methyl/N-ethyl adjacent to an activating group) is 1. The number of Topliss-reactive ketones (excluding diaryl/α,β-unsaturated/α-hetero) is 1. The molecule has 5 heteroatoms. The Morgan fingerprint density at radius 1 is 1.47 bits per heavy atom. The van der Waals surface area contributed by atoms with Gasteiger partial charge in [-0.05, 0) is 14.0 Å². The summed E-state index contributed by atoms with van der Waals surface area (Å²) in [5.41, 5.74) is 1.25. The van der Waals surface area contributed by atoms with Crippen LogP contribution in [-0.2, 0) is 0 Å². The molecule has 4 nitrogen and oxygen atoms in total. The van der Waals surface area contributed by atoms with E-state index in [4.69, 9.17) is 21.1 Å². The van der Waals surface area contributed by atoms with E-state index in [0.29, 0.717) is 35.3 Å². The van der Waals surface area contributed by atoms with E-state index in [1.807, 2.05) is 6.92 Å². The van der Waals surface area contributed by atoms with Crippen LogP contribution in [0.5, 0.6) is 11.5 Å². The van der Waals surface area contributed by atoms with Crippen molar-refractivity contribution < 1.29 is 14.3 Å². The van der Waals surface area contributed by atoms with E-state index in [2.05, 4.69) is 5.32 Å². The fourth-order valence-corrected chi connectivity index (χ4v) is 2.25.